The molecule has 1 aromatic heterocycles. The quantitative estimate of drug-likeness (QED) is 0.263. The van der Waals surface area contributed by atoms with Crippen molar-refractivity contribution in [3.05, 3.63) is 34.8 Å². The van der Waals surface area contributed by atoms with Gasteiger partial charge in [-0.2, -0.15) is 4.73 Å². The minimum atomic E-state index is -2.35. The van der Waals surface area contributed by atoms with E-state index < -0.39 is 14.3 Å². The number of rotatable bonds is 12. The Morgan fingerprint density at radius 2 is 1.08 bits per heavy atom. The third-order valence-corrected chi connectivity index (χ3v) is 11.4. The molecule has 6 heteroatoms. The predicted octanol–water partition coefficient (Wildman–Crippen LogP) is 5.69. The lowest BCUT2D eigenvalue weighted by atomic mass is 10.3. The van der Waals surface area contributed by atoms with E-state index in [-0.39, 0.29) is 0 Å². The molecule has 0 aliphatic rings. The second kappa shape index (κ2) is 10.5. The van der Waals surface area contributed by atoms with E-state index in [0.29, 0.717) is 48.4 Å². The van der Waals surface area contributed by atoms with Gasteiger partial charge in [-0.15, -0.1) is 0 Å². The third kappa shape index (κ3) is 6.91. The second-order valence-corrected chi connectivity index (χ2v) is 13.8. The molecule has 0 aliphatic carbocycles. The fourth-order valence-corrected chi connectivity index (χ4v) is 9.57. The molecule has 0 saturated heterocycles. The van der Waals surface area contributed by atoms with Gasteiger partial charge in [0.15, 0.2) is 11.4 Å². The molecule has 144 valence electrons. The van der Waals surface area contributed by atoms with E-state index in [1.165, 1.54) is 0 Å². The first-order valence-electron chi connectivity index (χ1n) is 9.67. The van der Waals surface area contributed by atoms with Crippen LogP contribution in [0.15, 0.2) is 18.2 Å². The molecular weight excluding hydrogens is 352 g/mol. The Morgan fingerprint density at radius 3 is 1.36 bits per heavy atom. The van der Waals surface area contributed by atoms with Gasteiger partial charge >= 0.3 is 0 Å². The maximum absolute atomic E-state index is 13.1. The van der Waals surface area contributed by atoms with Crippen molar-refractivity contribution in [1.82, 2.24) is 0 Å². The van der Waals surface area contributed by atoms with E-state index >= 15 is 0 Å². The molecule has 0 unspecified atom stereocenters. The summed E-state index contributed by atoms with van der Waals surface area (Å²) in [6.45, 7) is 8.15. The lowest BCUT2D eigenvalue weighted by Gasteiger charge is -2.19. The molecule has 25 heavy (non-hydrogen) atoms. The van der Waals surface area contributed by atoms with Crippen LogP contribution in [0, 0.1) is 5.21 Å². The van der Waals surface area contributed by atoms with Gasteiger partial charge in [0.2, 0.25) is 0 Å². The Hall–Kier alpha value is -0.590. The molecule has 0 fully saturated rings. The summed E-state index contributed by atoms with van der Waals surface area (Å²) < 4.78 is 27.2. The van der Waals surface area contributed by atoms with Crippen LogP contribution in [0.4, 0.5) is 0 Å². The number of hydrogen-bond donors (Lipinski definition) is 0. The van der Waals surface area contributed by atoms with Crippen LogP contribution in [-0.4, -0.2) is 24.6 Å². The Kier molecular flexibility index (Phi) is 9.46. The zero-order chi connectivity index (χ0) is 18.9. The lowest BCUT2D eigenvalue weighted by Crippen LogP contribution is -2.37. The molecule has 0 aliphatic heterocycles. The molecule has 0 amide bonds. The average molecular weight is 387 g/mol. The molecule has 0 radical (unpaired) electrons. The van der Waals surface area contributed by atoms with Crippen molar-refractivity contribution in [2.24, 2.45) is 0 Å². The number of nitrogens with zero attached hydrogens (tertiary/aromatic N) is 1. The fraction of sp³-hybridized carbons (Fsp3) is 0.737. The summed E-state index contributed by atoms with van der Waals surface area (Å²) in [5.41, 5.74) is 1.14. The molecule has 0 bridgehead atoms. The minimum absolute atomic E-state index is 0.359. The van der Waals surface area contributed by atoms with Crippen molar-refractivity contribution in [2.45, 2.75) is 65.7 Å². The van der Waals surface area contributed by atoms with Crippen LogP contribution in [0.25, 0.3) is 0 Å². The zero-order valence-corrected chi connectivity index (χ0v) is 18.2. The van der Waals surface area contributed by atoms with Crippen LogP contribution < -0.4 is 4.73 Å². The van der Waals surface area contributed by atoms with Crippen LogP contribution in [0.1, 0.15) is 64.8 Å². The molecule has 0 atom stereocenters. The molecular formula is C19H35NO3P2. The smallest absolute Gasteiger partial charge is 0.200 e. The predicted molar refractivity (Wildman–Crippen MR) is 109 cm³/mol. The first-order valence-corrected chi connectivity index (χ1v) is 14.2. The fourth-order valence-electron chi connectivity index (χ4n) is 3.58. The maximum atomic E-state index is 13.1. The van der Waals surface area contributed by atoms with Gasteiger partial charge in [-0.05, 0) is 31.7 Å². The minimum Gasteiger partial charge on any atom is -0.618 e. The number of pyridine rings is 1. The van der Waals surface area contributed by atoms with Crippen molar-refractivity contribution >= 4 is 14.3 Å². The van der Waals surface area contributed by atoms with E-state index in [4.69, 9.17) is 0 Å². The number of hydrogen-bond acceptors (Lipinski definition) is 3. The van der Waals surface area contributed by atoms with E-state index in [9.17, 15) is 14.3 Å². The standard InChI is InChI=1S/C19H35NO3P2/c1-5-12-24(22,13-6-2)16-18-10-9-11-19(20(18)21)17-25(23,14-7-3)15-8-4/h9-11H,5-8,12-17H2,1-4H3. The Labute approximate surface area is 153 Å². The van der Waals surface area contributed by atoms with Crippen LogP contribution in [0.2, 0.25) is 0 Å². The van der Waals surface area contributed by atoms with Gasteiger partial charge in [0.05, 0.1) is 26.6 Å². The van der Waals surface area contributed by atoms with Gasteiger partial charge < -0.3 is 14.3 Å². The molecule has 1 heterocycles. The lowest BCUT2D eigenvalue weighted by molar-refractivity contribution is -0.620. The largest absolute Gasteiger partial charge is 0.618 e. The first-order chi connectivity index (χ1) is 11.8. The highest BCUT2D eigenvalue weighted by Gasteiger charge is 2.28. The van der Waals surface area contributed by atoms with E-state index in [1.54, 1.807) is 12.1 Å². The molecule has 0 spiro atoms. The van der Waals surface area contributed by atoms with Crippen LogP contribution in [0.5, 0.6) is 0 Å². The monoisotopic (exact) mass is 387 g/mol. The average Bonchev–Trinajstić information content (AvgIpc) is 2.52. The highest BCUT2D eigenvalue weighted by molar-refractivity contribution is 7.63. The summed E-state index contributed by atoms with van der Waals surface area (Å²) in [5.74, 6) is 0. The zero-order valence-electron chi connectivity index (χ0n) is 16.4. The van der Waals surface area contributed by atoms with Gasteiger partial charge in [0.25, 0.3) is 0 Å². The van der Waals surface area contributed by atoms with Crippen LogP contribution in [0.3, 0.4) is 0 Å². The number of aromatic nitrogens is 1. The summed E-state index contributed by atoms with van der Waals surface area (Å²) in [6, 6.07) is 5.40. The highest BCUT2D eigenvalue weighted by Crippen LogP contribution is 2.51. The maximum Gasteiger partial charge on any atom is 0.200 e. The molecule has 4 nitrogen and oxygen atoms in total. The van der Waals surface area contributed by atoms with E-state index in [1.807, 2.05) is 33.8 Å². The van der Waals surface area contributed by atoms with Gasteiger partial charge in [-0.3, -0.25) is 0 Å². The molecule has 1 aromatic rings. The van der Waals surface area contributed by atoms with Crippen molar-refractivity contribution in [3.63, 3.8) is 0 Å². The summed E-state index contributed by atoms with van der Waals surface area (Å²) in [5, 5.41) is 12.8. The molecule has 1 rings (SSSR count). The highest BCUT2D eigenvalue weighted by atomic mass is 31.2. The molecule has 0 saturated carbocycles. The topological polar surface area (TPSA) is 61.1 Å². The van der Waals surface area contributed by atoms with Crippen molar-refractivity contribution in [3.8, 4) is 0 Å². The van der Waals surface area contributed by atoms with Crippen LogP contribution >= 0.6 is 14.3 Å². The van der Waals surface area contributed by atoms with E-state index in [2.05, 4.69) is 0 Å². The summed E-state index contributed by atoms with van der Waals surface area (Å²) in [6.07, 6.45) is 6.97. The Morgan fingerprint density at radius 1 is 0.760 bits per heavy atom. The SMILES string of the molecule is CCCP(=O)(CCC)Cc1cccc(CP(=O)(CCC)CCC)[n+]1[O-]. The van der Waals surface area contributed by atoms with Crippen LogP contribution in [-0.2, 0) is 21.5 Å². The third-order valence-electron chi connectivity index (χ3n) is 4.52. The normalized spacial score (nSPS) is 12.5. The van der Waals surface area contributed by atoms with Gasteiger partial charge in [-0.1, -0.05) is 27.7 Å². The van der Waals surface area contributed by atoms with Crippen molar-refractivity contribution in [2.75, 3.05) is 24.6 Å². The summed E-state index contributed by atoms with van der Waals surface area (Å²) in [7, 11) is -4.71. The Balaban J connectivity index is 3.09. The van der Waals surface area contributed by atoms with Gasteiger partial charge in [0, 0.05) is 36.8 Å². The van der Waals surface area contributed by atoms with E-state index in [0.717, 1.165) is 30.4 Å². The van der Waals surface area contributed by atoms with Crippen molar-refractivity contribution in [1.29, 1.82) is 0 Å². The Bertz CT molecular complexity index is 561. The summed E-state index contributed by atoms with van der Waals surface area (Å²) >= 11 is 0. The molecule has 0 aromatic carbocycles. The van der Waals surface area contributed by atoms with Crippen molar-refractivity contribution < 1.29 is 13.9 Å². The second-order valence-electron chi connectivity index (χ2n) is 7.13. The van der Waals surface area contributed by atoms with Gasteiger partial charge in [0.1, 0.15) is 0 Å². The first kappa shape index (κ1) is 22.5. The summed E-state index contributed by atoms with van der Waals surface area (Å²) in [4.78, 5) is 0. The molecule has 0 N–H and O–H groups in total. The van der Waals surface area contributed by atoms with Gasteiger partial charge in [-0.25, -0.2) is 0 Å².